The van der Waals surface area contributed by atoms with E-state index < -0.39 is 0 Å². The van der Waals surface area contributed by atoms with Crippen LogP contribution in [0.4, 0.5) is 0 Å². The van der Waals surface area contributed by atoms with Gasteiger partial charge < -0.3 is 15.0 Å². The van der Waals surface area contributed by atoms with Crippen LogP contribution < -0.4 is 10.1 Å². The molecule has 0 amide bonds. The molecule has 1 N–H and O–H groups in total. The number of nitrogens with one attached hydrogen (secondary N) is 1. The van der Waals surface area contributed by atoms with Crippen LogP contribution in [-0.2, 0) is 6.54 Å². The van der Waals surface area contributed by atoms with Crippen LogP contribution in [0, 0.1) is 0 Å². The second-order valence-corrected chi connectivity index (χ2v) is 8.21. The zero-order valence-corrected chi connectivity index (χ0v) is 16.8. The van der Waals surface area contributed by atoms with Gasteiger partial charge in [-0.1, -0.05) is 0 Å². The molecule has 21 heavy (non-hydrogen) atoms. The van der Waals surface area contributed by atoms with Crippen molar-refractivity contribution in [1.29, 1.82) is 0 Å². The van der Waals surface area contributed by atoms with Crippen LogP contribution in [0.25, 0.3) is 0 Å². The van der Waals surface area contributed by atoms with Gasteiger partial charge in [-0.15, -0.1) is 0 Å². The van der Waals surface area contributed by atoms with E-state index in [2.05, 4.69) is 89.1 Å². The first-order chi connectivity index (χ1) is 9.69. The zero-order chi connectivity index (χ0) is 16.0. The molecule has 1 rings (SSSR count). The molecule has 120 valence electrons. The van der Waals surface area contributed by atoms with Gasteiger partial charge >= 0.3 is 0 Å². The maximum atomic E-state index is 5.88. The van der Waals surface area contributed by atoms with Crippen LogP contribution in [0.2, 0.25) is 0 Å². The number of nitrogens with zero attached hydrogens (tertiary/aromatic N) is 1. The summed E-state index contributed by atoms with van der Waals surface area (Å²) in [5.74, 6) is 0.883. The lowest BCUT2D eigenvalue weighted by atomic mass is 10.1. The number of benzene rings is 1. The molecule has 0 unspecified atom stereocenters. The van der Waals surface area contributed by atoms with Gasteiger partial charge in [-0.3, -0.25) is 0 Å². The molecule has 3 nitrogen and oxygen atoms in total. The molecule has 0 aliphatic heterocycles. The molecule has 0 aliphatic carbocycles. The van der Waals surface area contributed by atoms with Crippen LogP contribution >= 0.6 is 31.9 Å². The van der Waals surface area contributed by atoms with Crippen LogP contribution in [0.5, 0.6) is 5.75 Å². The van der Waals surface area contributed by atoms with Crippen molar-refractivity contribution in [1.82, 2.24) is 10.2 Å². The van der Waals surface area contributed by atoms with Crippen molar-refractivity contribution >= 4 is 31.9 Å². The minimum absolute atomic E-state index is 0.111. The number of hydrogen-bond donors (Lipinski definition) is 1. The Morgan fingerprint density at radius 2 is 1.71 bits per heavy atom. The topological polar surface area (TPSA) is 24.5 Å². The Morgan fingerprint density at radius 3 is 2.19 bits per heavy atom. The van der Waals surface area contributed by atoms with E-state index in [1.54, 1.807) is 0 Å². The predicted octanol–water partition coefficient (Wildman–Crippen LogP) is 4.43. The lowest BCUT2D eigenvalue weighted by Gasteiger charge is -2.21. The summed E-state index contributed by atoms with van der Waals surface area (Å²) in [6, 6.07) is 4.23. The first-order valence-corrected chi connectivity index (χ1v) is 8.78. The summed E-state index contributed by atoms with van der Waals surface area (Å²) in [6.45, 7) is 9.08. The number of hydrogen-bond acceptors (Lipinski definition) is 3. The van der Waals surface area contributed by atoms with E-state index in [-0.39, 0.29) is 5.54 Å². The lowest BCUT2D eigenvalue weighted by Crippen LogP contribution is -2.35. The zero-order valence-electron chi connectivity index (χ0n) is 13.6. The third-order valence-corrected chi connectivity index (χ3v) is 4.06. The van der Waals surface area contributed by atoms with Gasteiger partial charge in [0.15, 0.2) is 0 Å². The van der Waals surface area contributed by atoms with Crippen molar-refractivity contribution in [2.24, 2.45) is 0 Å². The quantitative estimate of drug-likeness (QED) is 0.659. The number of halogens is 2. The van der Waals surface area contributed by atoms with Gasteiger partial charge in [-0.05, 0) is 90.8 Å². The molecule has 0 saturated carbocycles. The van der Waals surface area contributed by atoms with E-state index in [0.29, 0.717) is 0 Å². The highest BCUT2D eigenvalue weighted by atomic mass is 79.9. The standard InChI is InChI=1S/C16H26Br2N2O/c1-16(2,3)19-11-12-9-13(17)15(14(18)10-12)21-8-6-7-20(4)5/h9-10,19H,6-8,11H2,1-5H3. The van der Waals surface area contributed by atoms with Gasteiger partial charge in [0.25, 0.3) is 0 Å². The smallest absolute Gasteiger partial charge is 0.147 e. The maximum Gasteiger partial charge on any atom is 0.147 e. The average molecular weight is 422 g/mol. The molecule has 0 heterocycles. The fraction of sp³-hybridized carbons (Fsp3) is 0.625. The van der Waals surface area contributed by atoms with Crippen LogP contribution in [0.15, 0.2) is 21.1 Å². The Hall–Kier alpha value is -0.100. The Labute approximate surface area is 145 Å². The molecule has 0 fully saturated rings. The van der Waals surface area contributed by atoms with E-state index in [1.807, 2.05) is 0 Å². The molecule has 1 aromatic rings. The van der Waals surface area contributed by atoms with Gasteiger partial charge in [-0.2, -0.15) is 0 Å². The van der Waals surface area contributed by atoms with Crippen molar-refractivity contribution < 1.29 is 4.74 Å². The summed E-state index contributed by atoms with van der Waals surface area (Å²) in [6.07, 6.45) is 1.01. The fourth-order valence-electron chi connectivity index (χ4n) is 1.77. The first-order valence-electron chi connectivity index (χ1n) is 7.19. The Morgan fingerprint density at radius 1 is 1.14 bits per heavy atom. The molecule has 1 aromatic carbocycles. The summed E-state index contributed by atoms with van der Waals surface area (Å²) in [5, 5.41) is 3.49. The van der Waals surface area contributed by atoms with Crippen molar-refractivity contribution in [3.05, 3.63) is 26.6 Å². The second-order valence-electron chi connectivity index (χ2n) is 6.50. The van der Waals surface area contributed by atoms with E-state index in [0.717, 1.165) is 40.8 Å². The molecule has 0 aromatic heterocycles. The summed E-state index contributed by atoms with van der Waals surface area (Å²) >= 11 is 7.21. The summed E-state index contributed by atoms with van der Waals surface area (Å²) in [7, 11) is 4.14. The SMILES string of the molecule is CN(C)CCCOc1c(Br)cc(CNC(C)(C)C)cc1Br. The normalized spacial score (nSPS) is 12.0. The van der Waals surface area contributed by atoms with Crippen LogP contribution in [-0.4, -0.2) is 37.7 Å². The maximum absolute atomic E-state index is 5.88. The number of rotatable bonds is 7. The fourth-order valence-corrected chi connectivity index (χ4v) is 3.28. The highest BCUT2D eigenvalue weighted by Crippen LogP contribution is 2.35. The van der Waals surface area contributed by atoms with Crippen LogP contribution in [0.3, 0.4) is 0 Å². The van der Waals surface area contributed by atoms with E-state index in [1.165, 1.54) is 5.56 Å². The third-order valence-electron chi connectivity index (χ3n) is 2.88. The highest BCUT2D eigenvalue weighted by Gasteiger charge is 2.12. The van der Waals surface area contributed by atoms with Gasteiger partial charge in [0.2, 0.25) is 0 Å². The van der Waals surface area contributed by atoms with Gasteiger partial charge in [0, 0.05) is 18.6 Å². The first kappa shape index (κ1) is 18.9. The van der Waals surface area contributed by atoms with Crippen LogP contribution in [0.1, 0.15) is 32.8 Å². The Bertz CT molecular complexity index is 433. The highest BCUT2D eigenvalue weighted by molar-refractivity contribution is 9.11. The average Bonchev–Trinajstić information content (AvgIpc) is 2.33. The number of ether oxygens (including phenoxy) is 1. The van der Waals surface area contributed by atoms with E-state index in [9.17, 15) is 0 Å². The van der Waals surface area contributed by atoms with Crippen molar-refractivity contribution in [2.75, 3.05) is 27.2 Å². The largest absolute Gasteiger partial charge is 0.491 e. The minimum atomic E-state index is 0.111. The molecular formula is C16H26Br2N2O. The lowest BCUT2D eigenvalue weighted by molar-refractivity contribution is 0.279. The summed E-state index contributed by atoms with van der Waals surface area (Å²) < 4.78 is 7.86. The molecule has 0 aliphatic rings. The Balaban J connectivity index is 2.63. The summed E-state index contributed by atoms with van der Waals surface area (Å²) in [4.78, 5) is 2.16. The van der Waals surface area contributed by atoms with E-state index >= 15 is 0 Å². The molecule has 0 spiro atoms. The van der Waals surface area contributed by atoms with Crippen molar-refractivity contribution in [3.8, 4) is 5.75 Å². The minimum Gasteiger partial charge on any atom is -0.491 e. The van der Waals surface area contributed by atoms with Gasteiger partial charge in [0.1, 0.15) is 5.75 Å². The Kier molecular flexibility index (Phi) is 7.68. The van der Waals surface area contributed by atoms with E-state index in [4.69, 9.17) is 4.74 Å². The van der Waals surface area contributed by atoms with Gasteiger partial charge in [-0.25, -0.2) is 0 Å². The predicted molar refractivity (Wildman–Crippen MR) is 97.1 cm³/mol. The van der Waals surface area contributed by atoms with Gasteiger partial charge in [0.05, 0.1) is 15.6 Å². The van der Waals surface area contributed by atoms with Crippen molar-refractivity contribution in [2.45, 2.75) is 39.3 Å². The second kappa shape index (κ2) is 8.51. The molecular weight excluding hydrogens is 396 g/mol. The van der Waals surface area contributed by atoms with Crippen molar-refractivity contribution in [3.63, 3.8) is 0 Å². The molecule has 0 atom stereocenters. The molecule has 5 heteroatoms. The monoisotopic (exact) mass is 420 g/mol. The third kappa shape index (κ3) is 7.63. The molecule has 0 bridgehead atoms. The molecule has 0 radical (unpaired) electrons. The molecule has 0 saturated heterocycles. The summed E-state index contributed by atoms with van der Waals surface area (Å²) in [5.41, 5.74) is 1.34.